The highest BCUT2D eigenvalue weighted by Crippen LogP contribution is 2.07. The lowest BCUT2D eigenvalue weighted by Gasteiger charge is -2.14. The van der Waals surface area contributed by atoms with E-state index in [1.54, 1.807) is 24.3 Å². The summed E-state index contributed by atoms with van der Waals surface area (Å²) in [6, 6.07) is 5.61. The standard InChI is InChI=1S/C14H18N2O5/c15-10-6-4-9(5-7-10)8-12(17)16-11(14(20)21)2-1-3-13(18)19/h4-7,11H,1-3,8,15H2,(H,16,17)(H,18,19)(H,20,21)/t11-/m1/s1. The summed E-state index contributed by atoms with van der Waals surface area (Å²) in [6.07, 6.45) is 0.185. The van der Waals surface area contributed by atoms with Crippen molar-refractivity contribution in [2.24, 2.45) is 0 Å². The molecule has 1 rings (SSSR count). The second-order valence-corrected chi connectivity index (χ2v) is 4.66. The summed E-state index contributed by atoms with van der Waals surface area (Å²) in [7, 11) is 0. The molecular weight excluding hydrogens is 276 g/mol. The number of carbonyl (C=O) groups is 3. The van der Waals surface area contributed by atoms with Crippen molar-refractivity contribution in [3.8, 4) is 0 Å². The fraction of sp³-hybridized carbons (Fsp3) is 0.357. The van der Waals surface area contributed by atoms with Crippen LogP contribution in [0.4, 0.5) is 5.69 Å². The van der Waals surface area contributed by atoms with Gasteiger partial charge in [0.2, 0.25) is 5.91 Å². The number of anilines is 1. The van der Waals surface area contributed by atoms with Gasteiger partial charge in [0, 0.05) is 12.1 Å². The van der Waals surface area contributed by atoms with Crippen LogP contribution in [0.25, 0.3) is 0 Å². The Morgan fingerprint density at radius 2 is 1.76 bits per heavy atom. The van der Waals surface area contributed by atoms with Crippen LogP contribution in [0.3, 0.4) is 0 Å². The number of carbonyl (C=O) groups excluding carboxylic acids is 1. The number of carboxylic acids is 2. The predicted molar refractivity (Wildman–Crippen MR) is 75.6 cm³/mol. The first-order chi connectivity index (χ1) is 9.88. The molecule has 0 aliphatic heterocycles. The zero-order valence-corrected chi connectivity index (χ0v) is 11.4. The van der Waals surface area contributed by atoms with Gasteiger partial charge in [-0.3, -0.25) is 9.59 Å². The van der Waals surface area contributed by atoms with Crippen LogP contribution >= 0.6 is 0 Å². The highest BCUT2D eigenvalue weighted by Gasteiger charge is 2.19. The normalized spacial score (nSPS) is 11.6. The van der Waals surface area contributed by atoms with Gasteiger partial charge in [0.1, 0.15) is 6.04 Å². The van der Waals surface area contributed by atoms with Gasteiger partial charge >= 0.3 is 11.9 Å². The topological polar surface area (TPSA) is 130 Å². The minimum Gasteiger partial charge on any atom is -0.481 e. The van der Waals surface area contributed by atoms with Crippen LogP contribution in [-0.2, 0) is 20.8 Å². The minimum atomic E-state index is -1.17. The first-order valence-electron chi connectivity index (χ1n) is 6.47. The van der Waals surface area contributed by atoms with Gasteiger partial charge in [-0.2, -0.15) is 0 Å². The van der Waals surface area contributed by atoms with Crippen molar-refractivity contribution in [1.82, 2.24) is 5.32 Å². The fourth-order valence-corrected chi connectivity index (χ4v) is 1.78. The first kappa shape index (κ1) is 16.5. The van der Waals surface area contributed by atoms with Gasteiger partial charge in [-0.1, -0.05) is 12.1 Å². The molecule has 1 amide bonds. The van der Waals surface area contributed by atoms with Crippen molar-refractivity contribution in [2.45, 2.75) is 31.7 Å². The van der Waals surface area contributed by atoms with Gasteiger partial charge in [0.25, 0.3) is 0 Å². The largest absolute Gasteiger partial charge is 0.481 e. The van der Waals surface area contributed by atoms with Gasteiger partial charge in [0.15, 0.2) is 0 Å². The van der Waals surface area contributed by atoms with Crippen LogP contribution in [0.1, 0.15) is 24.8 Å². The van der Waals surface area contributed by atoms with E-state index in [1.807, 2.05) is 0 Å². The van der Waals surface area contributed by atoms with E-state index in [2.05, 4.69) is 5.32 Å². The van der Waals surface area contributed by atoms with Crippen LogP contribution in [0.5, 0.6) is 0 Å². The number of hydrogen-bond donors (Lipinski definition) is 4. The Hall–Kier alpha value is -2.57. The van der Waals surface area contributed by atoms with Crippen molar-refractivity contribution in [1.29, 1.82) is 0 Å². The van der Waals surface area contributed by atoms with Crippen molar-refractivity contribution in [2.75, 3.05) is 5.73 Å². The molecule has 0 saturated carbocycles. The molecule has 0 saturated heterocycles. The molecule has 5 N–H and O–H groups in total. The molecule has 0 fully saturated rings. The average molecular weight is 294 g/mol. The van der Waals surface area contributed by atoms with Gasteiger partial charge < -0.3 is 21.3 Å². The Morgan fingerprint density at radius 3 is 2.29 bits per heavy atom. The number of amides is 1. The van der Waals surface area contributed by atoms with E-state index in [0.717, 1.165) is 5.56 Å². The molecule has 1 aromatic rings. The number of nitrogen functional groups attached to an aromatic ring is 1. The SMILES string of the molecule is Nc1ccc(CC(=O)N[C@H](CCCC(=O)O)C(=O)O)cc1. The molecule has 0 bridgehead atoms. The Labute approximate surface area is 121 Å². The lowest BCUT2D eigenvalue weighted by Crippen LogP contribution is -2.41. The van der Waals surface area contributed by atoms with Crippen molar-refractivity contribution in [3.63, 3.8) is 0 Å². The molecule has 114 valence electrons. The first-order valence-corrected chi connectivity index (χ1v) is 6.47. The van der Waals surface area contributed by atoms with E-state index in [0.29, 0.717) is 5.69 Å². The zero-order chi connectivity index (χ0) is 15.8. The highest BCUT2D eigenvalue weighted by molar-refractivity contribution is 5.84. The lowest BCUT2D eigenvalue weighted by molar-refractivity contribution is -0.142. The molecule has 0 unspecified atom stereocenters. The molecule has 0 aromatic heterocycles. The lowest BCUT2D eigenvalue weighted by atomic mass is 10.1. The van der Waals surface area contributed by atoms with Gasteiger partial charge in [-0.25, -0.2) is 4.79 Å². The highest BCUT2D eigenvalue weighted by atomic mass is 16.4. The van der Waals surface area contributed by atoms with Crippen LogP contribution < -0.4 is 11.1 Å². The second kappa shape index (κ2) is 7.88. The van der Waals surface area contributed by atoms with E-state index in [4.69, 9.17) is 15.9 Å². The van der Waals surface area contributed by atoms with Crippen molar-refractivity contribution in [3.05, 3.63) is 29.8 Å². The number of rotatable bonds is 8. The molecule has 0 heterocycles. The molecule has 1 aromatic carbocycles. The van der Waals surface area contributed by atoms with Gasteiger partial charge in [-0.05, 0) is 30.5 Å². The van der Waals surface area contributed by atoms with Gasteiger partial charge in [0.05, 0.1) is 6.42 Å². The Kier molecular flexibility index (Phi) is 6.19. The molecule has 0 spiro atoms. The Morgan fingerprint density at radius 1 is 1.14 bits per heavy atom. The summed E-state index contributed by atoms with van der Waals surface area (Å²) in [4.78, 5) is 33.2. The fourth-order valence-electron chi connectivity index (χ4n) is 1.78. The van der Waals surface area contributed by atoms with Crippen LogP contribution in [0.15, 0.2) is 24.3 Å². The van der Waals surface area contributed by atoms with E-state index in [-0.39, 0.29) is 25.7 Å². The molecule has 1 atom stereocenters. The van der Waals surface area contributed by atoms with Crippen molar-refractivity contribution < 1.29 is 24.6 Å². The summed E-state index contributed by atoms with van der Waals surface area (Å²) in [5, 5.41) is 19.9. The Balaban J connectivity index is 2.50. The van der Waals surface area contributed by atoms with Crippen LogP contribution in [-0.4, -0.2) is 34.1 Å². The second-order valence-electron chi connectivity index (χ2n) is 4.66. The van der Waals surface area contributed by atoms with Crippen LogP contribution in [0.2, 0.25) is 0 Å². The maximum Gasteiger partial charge on any atom is 0.326 e. The quantitative estimate of drug-likeness (QED) is 0.520. The number of hydrogen-bond acceptors (Lipinski definition) is 4. The monoisotopic (exact) mass is 294 g/mol. The predicted octanol–water partition coefficient (Wildman–Crippen LogP) is 0.636. The molecule has 21 heavy (non-hydrogen) atoms. The smallest absolute Gasteiger partial charge is 0.326 e. The average Bonchev–Trinajstić information content (AvgIpc) is 2.39. The third-order valence-electron chi connectivity index (χ3n) is 2.86. The summed E-state index contributed by atoms with van der Waals surface area (Å²) in [6.45, 7) is 0. The summed E-state index contributed by atoms with van der Waals surface area (Å²) >= 11 is 0. The Bertz CT molecular complexity index is 513. The van der Waals surface area contributed by atoms with Crippen molar-refractivity contribution >= 4 is 23.5 Å². The number of carboxylic acid groups (broad SMARTS) is 2. The molecule has 0 radical (unpaired) electrons. The molecule has 7 heteroatoms. The molecular formula is C14H18N2O5. The third kappa shape index (κ3) is 6.42. The number of aliphatic carboxylic acids is 2. The van der Waals surface area contributed by atoms with E-state index in [9.17, 15) is 14.4 Å². The molecule has 7 nitrogen and oxygen atoms in total. The van der Waals surface area contributed by atoms with Crippen LogP contribution in [0, 0.1) is 0 Å². The summed E-state index contributed by atoms with van der Waals surface area (Å²) in [5.41, 5.74) is 6.83. The number of benzene rings is 1. The van der Waals surface area contributed by atoms with E-state index >= 15 is 0 Å². The molecule has 0 aliphatic rings. The summed E-state index contributed by atoms with van der Waals surface area (Å²) < 4.78 is 0. The molecule has 0 aliphatic carbocycles. The van der Waals surface area contributed by atoms with E-state index in [1.165, 1.54) is 0 Å². The number of nitrogens with one attached hydrogen (secondary N) is 1. The van der Waals surface area contributed by atoms with E-state index < -0.39 is 23.9 Å². The minimum absolute atomic E-state index is 0.0446. The summed E-state index contributed by atoms with van der Waals surface area (Å²) in [5.74, 6) is -2.60. The third-order valence-corrected chi connectivity index (χ3v) is 2.86. The maximum absolute atomic E-state index is 11.8. The number of nitrogens with two attached hydrogens (primary N) is 1. The van der Waals surface area contributed by atoms with Gasteiger partial charge in [-0.15, -0.1) is 0 Å². The zero-order valence-electron chi connectivity index (χ0n) is 11.4. The maximum atomic E-state index is 11.8.